The van der Waals surface area contributed by atoms with Crippen LogP contribution in [0.3, 0.4) is 0 Å². The highest BCUT2D eigenvalue weighted by Gasteiger charge is 2.06. The first-order chi connectivity index (χ1) is 5.15. The number of carbonyl (C=O) groups excluding carboxylic acids is 1. The van der Waals surface area contributed by atoms with Gasteiger partial charge in [0.2, 0.25) is 0 Å². The summed E-state index contributed by atoms with van der Waals surface area (Å²) in [6, 6.07) is 1.87. The van der Waals surface area contributed by atoms with E-state index >= 15 is 0 Å². The van der Waals surface area contributed by atoms with Crippen LogP contribution in [0.2, 0.25) is 0 Å². The summed E-state index contributed by atoms with van der Waals surface area (Å²) >= 11 is 7.16. The van der Waals surface area contributed by atoms with Crippen molar-refractivity contribution in [3.05, 3.63) is 21.4 Å². The van der Waals surface area contributed by atoms with Gasteiger partial charge in [0, 0.05) is 10.8 Å². The third kappa shape index (κ3) is 1.82. The molecule has 3 heteroatoms. The molecule has 0 aliphatic rings. The van der Waals surface area contributed by atoms with Gasteiger partial charge in [-0.2, -0.15) is 0 Å². The minimum atomic E-state index is 0.120. The lowest BCUT2D eigenvalue weighted by Gasteiger charge is -1.86. The van der Waals surface area contributed by atoms with Gasteiger partial charge in [-0.3, -0.25) is 4.79 Å². The number of ketones is 1. The smallest absolute Gasteiger partial charge is 0.169 e. The number of hydrogen-bond acceptors (Lipinski definition) is 2. The Hall–Kier alpha value is -0.340. The van der Waals surface area contributed by atoms with Crippen LogP contribution < -0.4 is 0 Å². The number of rotatable bonds is 2. The van der Waals surface area contributed by atoms with Crippen molar-refractivity contribution >= 4 is 28.7 Å². The molecule has 0 aromatic carbocycles. The first-order valence-corrected chi connectivity index (χ1v) is 4.66. The lowest BCUT2D eigenvalue weighted by Crippen LogP contribution is -1.84. The predicted molar refractivity (Wildman–Crippen MR) is 48.6 cm³/mol. The van der Waals surface area contributed by atoms with Gasteiger partial charge < -0.3 is 0 Å². The van der Waals surface area contributed by atoms with E-state index in [0.29, 0.717) is 5.88 Å². The molecule has 60 valence electrons. The van der Waals surface area contributed by atoms with E-state index in [4.69, 9.17) is 11.6 Å². The van der Waals surface area contributed by atoms with E-state index in [9.17, 15) is 4.79 Å². The Labute approximate surface area is 75.0 Å². The summed E-state index contributed by atoms with van der Waals surface area (Å²) in [6.07, 6.45) is 0. The number of carbonyl (C=O) groups is 1. The number of thiophene rings is 1. The molecule has 0 unspecified atom stereocenters. The van der Waals surface area contributed by atoms with Gasteiger partial charge in [0.25, 0.3) is 0 Å². The molecule has 0 radical (unpaired) electrons. The Morgan fingerprint density at radius 2 is 2.36 bits per heavy atom. The van der Waals surface area contributed by atoms with E-state index in [1.54, 1.807) is 6.92 Å². The van der Waals surface area contributed by atoms with E-state index in [-0.39, 0.29) is 5.78 Å². The van der Waals surface area contributed by atoms with E-state index in [2.05, 4.69) is 0 Å². The molecule has 0 saturated heterocycles. The van der Waals surface area contributed by atoms with Gasteiger partial charge in [-0.25, -0.2) is 0 Å². The van der Waals surface area contributed by atoms with Gasteiger partial charge in [0.15, 0.2) is 5.78 Å². The van der Waals surface area contributed by atoms with E-state index in [1.165, 1.54) is 11.3 Å². The number of Topliss-reactive ketones (excluding diaryl/α,β-unsaturated/α-hetero) is 1. The van der Waals surface area contributed by atoms with Crippen molar-refractivity contribution < 1.29 is 4.79 Å². The highest BCUT2D eigenvalue weighted by atomic mass is 35.5. The molecule has 1 rings (SSSR count). The van der Waals surface area contributed by atoms with E-state index < -0.39 is 0 Å². The van der Waals surface area contributed by atoms with Crippen molar-refractivity contribution in [3.63, 3.8) is 0 Å². The van der Waals surface area contributed by atoms with Crippen LogP contribution in [0.15, 0.2) is 6.07 Å². The largest absolute Gasteiger partial charge is 0.294 e. The van der Waals surface area contributed by atoms with Gasteiger partial charge in [-0.1, -0.05) is 0 Å². The molecule has 0 bridgehead atoms. The Balaban J connectivity index is 3.05. The molecule has 0 aliphatic heterocycles. The van der Waals surface area contributed by atoms with Crippen molar-refractivity contribution in [1.82, 2.24) is 0 Å². The Bertz CT molecular complexity index is 278. The van der Waals surface area contributed by atoms with Crippen molar-refractivity contribution in [3.8, 4) is 0 Å². The van der Waals surface area contributed by atoms with Gasteiger partial charge in [-0.15, -0.1) is 22.9 Å². The van der Waals surface area contributed by atoms with Gasteiger partial charge in [0.1, 0.15) is 0 Å². The number of hydrogen-bond donors (Lipinski definition) is 0. The van der Waals surface area contributed by atoms with Gasteiger partial charge in [-0.05, 0) is 25.5 Å². The second-order valence-corrected chi connectivity index (χ2v) is 3.91. The molecular weight excluding hydrogens is 180 g/mol. The van der Waals surface area contributed by atoms with Crippen molar-refractivity contribution in [2.24, 2.45) is 0 Å². The first kappa shape index (κ1) is 8.75. The van der Waals surface area contributed by atoms with Crippen LogP contribution in [0.25, 0.3) is 0 Å². The molecule has 0 spiro atoms. The molecule has 0 aliphatic carbocycles. The molecule has 0 fully saturated rings. The fourth-order valence-corrected chi connectivity index (χ4v) is 2.12. The van der Waals surface area contributed by atoms with Crippen LogP contribution in [-0.2, 0) is 5.88 Å². The van der Waals surface area contributed by atoms with Crippen LogP contribution in [0.1, 0.15) is 27.0 Å². The van der Waals surface area contributed by atoms with Crippen molar-refractivity contribution in [2.45, 2.75) is 19.7 Å². The Morgan fingerprint density at radius 1 is 1.73 bits per heavy atom. The fourth-order valence-electron chi connectivity index (χ4n) is 0.826. The zero-order valence-corrected chi connectivity index (χ0v) is 8.05. The SMILES string of the molecule is CC(=O)c1cc(CCl)c(C)s1. The maximum absolute atomic E-state index is 10.9. The molecular formula is C8H9ClOS. The molecule has 1 nitrogen and oxygen atoms in total. The summed E-state index contributed by atoms with van der Waals surface area (Å²) in [5, 5.41) is 0. The van der Waals surface area contributed by atoms with Gasteiger partial charge in [0.05, 0.1) is 4.88 Å². The maximum atomic E-state index is 10.9. The zero-order valence-electron chi connectivity index (χ0n) is 6.48. The van der Waals surface area contributed by atoms with Crippen LogP contribution in [-0.4, -0.2) is 5.78 Å². The summed E-state index contributed by atoms with van der Waals surface area (Å²) in [4.78, 5) is 12.8. The van der Waals surface area contributed by atoms with Crippen LogP contribution >= 0.6 is 22.9 Å². The summed E-state index contributed by atoms with van der Waals surface area (Å²) in [5.41, 5.74) is 1.07. The molecule has 0 atom stereocenters. The average molecular weight is 189 g/mol. The monoisotopic (exact) mass is 188 g/mol. The molecule has 11 heavy (non-hydrogen) atoms. The normalized spacial score (nSPS) is 10.1. The molecule has 0 saturated carbocycles. The van der Waals surface area contributed by atoms with Crippen molar-refractivity contribution in [1.29, 1.82) is 0 Å². The number of alkyl halides is 1. The van der Waals surface area contributed by atoms with E-state index in [1.807, 2.05) is 13.0 Å². The predicted octanol–water partition coefficient (Wildman–Crippen LogP) is 3.00. The van der Waals surface area contributed by atoms with Crippen LogP contribution in [0.4, 0.5) is 0 Å². The minimum Gasteiger partial charge on any atom is -0.294 e. The number of halogens is 1. The lowest BCUT2D eigenvalue weighted by atomic mass is 10.2. The third-order valence-corrected chi connectivity index (χ3v) is 2.99. The highest BCUT2D eigenvalue weighted by Crippen LogP contribution is 2.23. The maximum Gasteiger partial charge on any atom is 0.169 e. The Morgan fingerprint density at radius 3 is 2.64 bits per heavy atom. The third-order valence-electron chi connectivity index (χ3n) is 1.51. The fraction of sp³-hybridized carbons (Fsp3) is 0.375. The van der Waals surface area contributed by atoms with Gasteiger partial charge >= 0.3 is 0 Å². The standard InChI is InChI=1S/C8H9ClOS/c1-5(10)8-3-7(4-9)6(2)11-8/h3H,4H2,1-2H3. The number of aryl methyl sites for hydroxylation is 1. The first-order valence-electron chi connectivity index (χ1n) is 3.31. The second kappa shape index (κ2) is 3.37. The Kier molecular flexibility index (Phi) is 2.68. The molecule has 1 heterocycles. The summed E-state index contributed by atoms with van der Waals surface area (Å²) in [6.45, 7) is 3.55. The average Bonchev–Trinajstić information content (AvgIpc) is 2.31. The van der Waals surface area contributed by atoms with Crippen LogP contribution in [0, 0.1) is 6.92 Å². The second-order valence-electron chi connectivity index (χ2n) is 2.38. The minimum absolute atomic E-state index is 0.120. The zero-order chi connectivity index (χ0) is 8.43. The van der Waals surface area contributed by atoms with Crippen LogP contribution in [0.5, 0.6) is 0 Å². The lowest BCUT2D eigenvalue weighted by molar-refractivity contribution is 0.102. The molecule has 1 aromatic rings. The molecule has 0 amide bonds. The van der Waals surface area contributed by atoms with E-state index in [0.717, 1.165) is 15.3 Å². The molecule has 0 N–H and O–H groups in total. The summed E-state index contributed by atoms with van der Waals surface area (Å²) < 4.78 is 0. The highest BCUT2D eigenvalue weighted by molar-refractivity contribution is 7.14. The topological polar surface area (TPSA) is 17.1 Å². The summed E-state index contributed by atoms with van der Waals surface area (Å²) in [5.74, 6) is 0.616. The summed E-state index contributed by atoms with van der Waals surface area (Å²) in [7, 11) is 0. The van der Waals surface area contributed by atoms with Crippen molar-refractivity contribution in [2.75, 3.05) is 0 Å². The molecule has 1 aromatic heterocycles. The quantitative estimate of drug-likeness (QED) is 0.515.